The summed E-state index contributed by atoms with van der Waals surface area (Å²) in [7, 11) is 0. The van der Waals surface area contributed by atoms with Gasteiger partial charge in [-0.2, -0.15) is 8.78 Å². The smallest absolute Gasteiger partial charge is 0.387 e. The fraction of sp³-hybridized carbons (Fsp3) is 0.150. The second-order valence-electron chi connectivity index (χ2n) is 5.70. The van der Waals surface area contributed by atoms with Gasteiger partial charge in [-0.25, -0.2) is 0 Å². The molecule has 2 nitrogen and oxygen atoms in total. The van der Waals surface area contributed by atoms with Crippen LogP contribution in [0.5, 0.6) is 5.75 Å². The Balaban J connectivity index is 1.98. The number of rotatable bonds is 5. The number of halogens is 3. The molecule has 0 aliphatic heterocycles. The van der Waals surface area contributed by atoms with E-state index in [0.29, 0.717) is 17.0 Å². The molecular weight excluding hydrogens is 344 g/mol. The summed E-state index contributed by atoms with van der Waals surface area (Å²) in [6.07, 6.45) is 2.47. The lowest BCUT2D eigenvalue weighted by molar-refractivity contribution is -0.0494. The van der Waals surface area contributed by atoms with E-state index in [4.69, 9.17) is 11.6 Å². The summed E-state index contributed by atoms with van der Waals surface area (Å²) < 4.78 is 30.1. The molecule has 0 bridgehead atoms. The van der Waals surface area contributed by atoms with Crippen molar-refractivity contribution in [3.63, 3.8) is 0 Å². The van der Waals surface area contributed by atoms with Crippen LogP contribution in [-0.4, -0.2) is 11.6 Å². The first-order chi connectivity index (χ1) is 12.0. The van der Waals surface area contributed by atoms with Gasteiger partial charge >= 0.3 is 6.61 Å². The zero-order valence-electron chi connectivity index (χ0n) is 13.5. The van der Waals surface area contributed by atoms with E-state index in [1.807, 2.05) is 37.4 Å². The molecule has 0 saturated carbocycles. The first-order valence-corrected chi connectivity index (χ1v) is 8.14. The minimum absolute atomic E-state index is 0.128. The van der Waals surface area contributed by atoms with E-state index in [1.54, 1.807) is 30.3 Å². The Kier molecular flexibility index (Phi) is 5.29. The maximum Gasteiger partial charge on any atom is 0.387 e. The standard InChI is InChI=1S/C20H16ClF2NO/c1-13-5-6-15(12-24-13)9-14-7-8-19(25-20(22)23)18(10-14)16-3-2-4-17(21)11-16/h2-8,10-12,20H,9H2,1H3. The summed E-state index contributed by atoms with van der Waals surface area (Å²) in [6.45, 7) is -0.956. The molecule has 0 aliphatic carbocycles. The second-order valence-corrected chi connectivity index (χ2v) is 6.14. The number of hydrogen-bond donors (Lipinski definition) is 0. The molecule has 0 N–H and O–H groups in total. The van der Waals surface area contributed by atoms with Crippen molar-refractivity contribution in [1.82, 2.24) is 4.98 Å². The zero-order valence-corrected chi connectivity index (χ0v) is 14.3. The molecule has 3 rings (SSSR count). The molecule has 0 atom stereocenters. The molecule has 1 aromatic heterocycles. The largest absolute Gasteiger partial charge is 0.434 e. The van der Waals surface area contributed by atoms with E-state index in [9.17, 15) is 8.78 Å². The summed E-state index contributed by atoms with van der Waals surface area (Å²) in [6, 6.07) is 16.2. The maximum atomic E-state index is 12.7. The molecule has 0 fully saturated rings. The van der Waals surface area contributed by atoms with E-state index in [0.717, 1.165) is 22.4 Å². The zero-order chi connectivity index (χ0) is 17.8. The van der Waals surface area contributed by atoms with Crippen LogP contribution in [0, 0.1) is 6.92 Å². The first kappa shape index (κ1) is 17.4. The van der Waals surface area contributed by atoms with Gasteiger partial charge in [-0.15, -0.1) is 0 Å². The van der Waals surface area contributed by atoms with Gasteiger partial charge in [0, 0.05) is 22.5 Å². The Hall–Kier alpha value is -2.46. The minimum Gasteiger partial charge on any atom is -0.434 e. The summed E-state index contributed by atoms with van der Waals surface area (Å²) in [5.74, 6) is 0.128. The Morgan fingerprint density at radius 1 is 1.04 bits per heavy atom. The van der Waals surface area contributed by atoms with Crippen LogP contribution in [0.3, 0.4) is 0 Å². The van der Waals surface area contributed by atoms with Gasteiger partial charge in [-0.3, -0.25) is 4.98 Å². The molecule has 0 unspecified atom stereocenters. The van der Waals surface area contributed by atoms with E-state index >= 15 is 0 Å². The predicted octanol–water partition coefficient (Wildman–Crippen LogP) is 5.90. The van der Waals surface area contributed by atoms with Crippen LogP contribution >= 0.6 is 11.6 Å². The van der Waals surface area contributed by atoms with Crippen molar-refractivity contribution < 1.29 is 13.5 Å². The third kappa shape index (κ3) is 4.54. The topological polar surface area (TPSA) is 22.1 Å². The monoisotopic (exact) mass is 359 g/mol. The van der Waals surface area contributed by atoms with Crippen LogP contribution in [0.15, 0.2) is 60.8 Å². The fourth-order valence-corrected chi connectivity index (χ4v) is 2.80. The SMILES string of the molecule is Cc1ccc(Cc2ccc(OC(F)F)c(-c3cccc(Cl)c3)c2)cn1. The van der Waals surface area contributed by atoms with Crippen molar-refractivity contribution >= 4 is 11.6 Å². The molecule has 5 heteroatoms. The van der Waals surface area contributed by atoms with Crippen LogP contribution in [0.25, 0.3) is 11.1 Å². The highest BCUT2D eigenvalue weighted by molar-refractivity contribution is 6.30. The highest BCUT2D eigenvalue weighted by Gasteiger charge is 2.13. The number of benzene rings is 2. The van der Waals surface area contributed by atoms with Crippen molar-refractivity contribution in [2.75, 3.05) is 0 Å². The first-order valence-electron chi connectivity index (χ1n) is 7.76. The van der Waals surface area contributed by atoms with Crippen LogP contribution in [-0.2, 0) is 6.42 Å². The summed E-state index contributed by atoms with van der Waals surface area (Å²) >= 11 is 6.04. The molecule has 1 heterocycles. The Labute approximate surface area is 150 Å². The molecule has 0 aliphatic rings. The van der Waals surface area contributed by atoms with Gasteiger partial charge in [0.25, 0.3) is 0 Å². The summed E-state index contributed by atoms with van der Waals surface area (Å²) in [5.41, 5.74) is 4.28. The van der Waals surface area contributed by atoms with Gasteiger partial charge < -0.3 is 4.74 Å². The number of hydrogen-bond acceptors (Lipinski definition) is 2. The highest BCUT2D eigenvalue weighted by Crippen LogP contribution is 2.34. The predicted molar refractivity (Wildman–Crippen MR) is 95.3 cm³/mol. The highest BCUT2D eigenvalue weighted by atomic mass is 35.5. The van der Waals surface area contributed by atoms with Gasteiger partial charge in [0.1, 0.15) is 5.75 Å². The van der Waals surface area contributed by atoms with Crippen LogP contribution in [0.2, 0.25) is 5.02 Å². The lowest BCUT2D eigenvalue weighted by Gasteiger charge is -2.13. The molecule has 0 amide bonds. The lowest BCUT2D eigenvalue weighted by Crippen LogP contribution is -2.03. The number of ether oxygens (including phenoxy) is 1. The Bertz CT molecular complexity index is 866. The molecule has 3 aromatic rings. The van der Waals surface area contributed by atoms with Gasteiger partial charge in [0.15, 0.2) is 0 Å². The number of alkyl halides is 2. The van der Waals surface area contributed by atoms with E-state index in [-0.39, 0.29) is 5.75 Å². The maximum absolute atomic E-state index is 12.7. The number of pyridine rings is 1. The number of aromatic nitrogens is 1. The van der Waals surface area contributed by atoms with Gasteiger partial charge in [0.05, 0.1) is 0 Å². The number of nitrogens with zero attached hydrogens (tertiary/aromatic N) is 1. The van der Waals surface area contributed by atoms with Gasteiger partial charge in [-0.05, 0) is 60.4 Å². The average Bonchev–Trinajstić information content (AvgIpc) is 2.58. The molecule has 2 aromatic carbocycles. The average molecular weight is 360 g/mol. The van der Waals surface area contributed by atoms with E-state index in [1.165, 1.54) is 0 Å². The van der Waals surface area contributed by atoms with Crippen LogP contribution in [0.1, 0.15) is 16.8 Å². The molecule has 25 heavy (non-hydrogen) atoms. The van der Waals surface area contributed by atoms with Gasteiger partial charge in [0.2, 0.25) is 0 Å². The normalized spacial score (nSPS) is 10.9. The lowest BCUT2D eigenvalue weighted by atomic mass is 9.98. The van der Waals surface area contributed by atoms with Crippen molar-refractivity contribution in [2.24, 2.45) is 0 Å². The van der Waals surface area contributed by atoms with Crippen molar-refractivity contribution in [3.8, 4) is 16.9 Å². The third-order valence-electron chi connectivity index (χ3n) is 3.78. The van der Waals surface area contributed by atoms with Crippen LogP contribution < -0.4 is 4.74 Å². The Morgan fingerprint density at radius 2 is 1.84 bits per heavy atom. The van der Waals surface area contributed by atoms with Gasteiger partial charge in [-0.1, -0.05) is 35.9 Å². The summed E-state index contributed by atoms with van der Waals surface area (Å²) in [4.78, 5) is 4.28. The quantitative estimate of drug-likeness (QED) is 0.565. The van der Waals surface area contributed by atoms with Crippen molar-refractivity contribution in [3.05, 3.63) is 82.6 Å². The third-order valence-corrected chi connectivity index (χ3v) is 4.01. The second kappa shape index (κ2) is 7.62. The Morgan fingerprint density at radius 3 is 2.52 bits per heavy atom. The molecule has 128 valence electrons. The number of aryl methyl sites for hydroxylation is 1. The molecule has 0 saturated heterocycles. The minimum atomic E-state index is -2.88. The van der Waals surface area contributed by atoms with Crippen LogP contribution in [0.4, 0.5) is 8.78 Å². The van der Waals surface area contributed by atoms with E-state index < -0.39 is 6.61 Å². The molecule has 0 radical (unpaired) electrons. The summed E-state index contributed by atoms with van der Waals surface area (Å²) in [5, 5.41) is 0.536. The van der Waals surface area contributed by atoms with E-state index in [2.05, 4.69) is 9.72 Å². The fourth-order valence-electron chi connectivity index (χ4n) is 2.61. The molecule has 0 spiro atoms. The van der Waals surface area contributed by atoms with Crippen molar-refractivity contribution in [2.45, 2.75) is 20.0 Å². The van der Waals surface area contributed by atoms with Crippen molar-refractivity contribution in [1.29, 1.82) is 0 Å². The molecular formula is C20H16ClF2NO.